The molecule has 0 radical (unpaired) electrons. The molecule has 2 N–H and O–H groups in total. The molecule has 0 atom stereocenters. The Morgan fingerprint density at radius 3 is 1.95 bits per heavy atom. The molecule has 0 aromatic heterocycles. The van der Waals surface area contributed by atoms with E-state index in [1.54, 1.807) is 0 Å². The second-order valence-electron chi connectivity index (χ2n) is 4.53. The average molecular weight is 335 g/mol. The Balaban J connectivity index is 4.21. The molecular formula is C13H29N3O5Si. The number of amides is 3. The second kappa shape index (κ2) is 11.4. The molecule has 8 nitrogen and oxygen atoms in total. The van der Waals surface area contributed by atoms with Crippen LogP contribution >= 0.6 is 0 Å². The molecule has 22 heavy (non-hydrogen) atoms. The largest absolute Gasteiger partial charge is 0.500 e. The van der Waals surface area contributed by atoms with Gasteiger partial charge in [-0.15, -0.1) is 0 Å². The summed E-state index contributed by atoms with van der Waals surface area (Å²) < 4.78 is 17.2. The van der Waals surface area contributed by atoms with E-state index in [-0.39, 0.29) is 5.91 Å². The zero-order valence-electron chi connectivity index (χ0n) is 14.2. The Labute approximate surface area is 133 Å². The highest BCUT2D eigenvalue weighted by atomic mass is 28.4. The van der Waals surface area contributed by atoms with Crippen LogP contribution in [0.1, 0.15) is 34.1 Å². The Hall–Kier alpha value is -1.16. The molecule has 0 aliphatic carbocycles. The van der Waals surface area contributed by atoms with Gasteiger partial charge < -0.3 is 18.6 Å². The van der Waals surface area contributed by atoms with Crippen LogP contribution in [-0.2, 0) is 18.1 Å². The summed E-state index contributed by atoms with van der Waals surface area (Å²) in [6.07, 6.45) is 0.670. The zero-order valence-corrected chi connectivity index (χ0v) is 15.2. The highest BCUT2D eigenvalue weighted by Gasteiger charge is 2.39. The molecular weight excluding hydrogens is 306 g/mol. The fourth-order valence-electron chi connectivity index (χ4n) is 1.78. The van der Waals surface area contributed by atoms with E-state index in [1.165, 1.54) is 14.0 Å². The van der Waals surface area contributed by atoms with E-state index in [4.69, 9.17) is 13.3 Å². The molecule has 9 heteroatoms. The molecule has 3 amide bonds. The number of carbonyl (C=O) groups is 2. The molecule has 130 valence electrons. The van der Waals surface area contributed by atoms with Crippen molar-refractivity contribution in [2.75, 3.05) is 33.4 Å². The zero-order chi connectivity index (χ0) is 17.0. The van der Waals surface area contributed by atoms with Crippen molar-refractivity contribution < 1.29 is 22.9 Å². The Morgan fingerprint density at radius 1 is 1.05 bits per heavy atom. The van der Waals surface area contributed by atoms with Gasteiger partial charge >= 0.3 is 14.8 Å². The monoisotopic (exact) mass is 335 g/mol. The van der Waals surface area contributed by atoms with Crippen LogP contribution in [0.25, 0.3) is 0 Å². The van der Waals surface area contributed by atoms with Gasteiger partial charge in [-0.25, -0.2) is 10.2 Å². The number of hydrazine groups is 1. The summed E-state index contributed by atoms with van der Waals surface area (Å²) in [5.74, 6) is -0.245. The minimum atomic E-state index is -2.65. The Bertz CT molecular complexity index is 327. The van der Waals surface area contributed by atoms with Crippen LogP contribution in [0.15, 0.2) is 0 Å². The third-order valence-corrected chi connectivity index (χ3v) is 5.93. The number of hydrogen-bond donors (Lipinski definition) is 2. The van der Waals surface area contributed by atoms with Gasteiger partial charge in [-0.3, -0.25) is 9.80 Å². The number of carbonyl (C=O) groups excluding carboxylic acids is 2. The van der Waals surface area contributed by atoms with Crippen LogP contribution in [0.2, 0.25) is 6.04 Å². The van der Waals surface area contributed by atoms with E-state index in [2.05, 4.69) is 10.7 Å². The van der Waals surface area contributed by atoms with Gasteiger partial charge in [-0.05, 0) is 27.2 Å². The topological polar surface area (TPSA) is 89.1 Å². The molecule has 0 spiro atoms. The molecule has 0 aromatic rings. The summed E-state index contributed by atoms with van der Waals surface area (Å²) in [5, 5.41) is 3.80. The van der Waals surface area contributed by atoms with Crippen LogP contribution in [0.4, 0.5) is 4.79 Å². The van der Waals surface area contributed by atoms with Crippen molar-refractivity contribution in [3.8, 4) is 0 Å². The molecule has 0 aliphatic rings. The van der Waals surface area contributed by atoms with Crippen molar-refractivity contribution >= 4 is 20.7 Å². The summed E-state index contributed by atoms with van der Waals surface area (Å²) in [6.45, 7) is 9.12. The molecule has 0 bridgehead atoms. The SMILES string of the molecule is CCO[Si](CCCNC(=O)NN(C)C(C)=O)(OCC)OCC. The fraction of sp³-hybridized carbons (Fsp3) is 0.846. The maximum Gasteiger partial charge on any atom is 0.500 e. The summed E-state index contributed by atoms with van der Waals surface area (Å²) >= 11 is 0. The van der Waals surface area contributed by atoms with Crippen molar-refractivity contribution in [2.45, 2.75) is 40.2 Å². The minimum Gasteiger partial charge on any atom is -0.374 e. The third kappa shape index (κ3) is 8.32. The number of nitrogens with one attached hydrogen (secondary N) is 2. The van der Waals surface area contributed by atoms with Crippen LogP contribution in [0.3, 0.4) is 0 Å². The second-order valence-corrected chi connectivity index (χ2v) is 7.26. The van der Waals surface area contributed by atoms with E-state index < -0.39 is 14.8 Å². The first-order chi connectivity index (χ1) is 10.4. The fourth-order valence-corrected chi connectivity index (χ4v) is 4.39. The molecule has 0 unspecified atom stereocenters. The van der Waals surface area contributed by atoms with Crippen LogP contribution < -0.4 is 10.7 Å². The highest BCUT2D eigenvalue weighted by Crippen LogP contribution is 2.17. The first-order valence-corrected chi connectivity index (χ1v) is 9.54. The van der Waals surface area contributed by atoms with E-state index in [0.29, 0.717) is 38.8 Å². The molecule has 0 fully saturated rings. The predicted octanol–water partition coefficient (Wildman–Crippen LogP) is 1.12. The number of rotatable bonds is 10. The molecule has 0 saturated carbocycles. The number of urea groups is 1. The van der Waals surface area contributed by atoms with Crippen molar-refractivity contribution in [3.05, 3.63) is 0 Å². The van der Waals surface area contributed by atoms with Crippen molar-refractivity contribution in [1.29, 1.82) is 0 Å². The lowest BCUT2D eigenvalue weighted by atomic mass is 10.5. The van der Waals surface area contributed by atoms with Crippen molar-refractivity contribution in [2.24, 2.45) is 0 Å². The summed E-state index contributed by atoms with van der Waals surface area (Å²) in [7, 11) is -1.17. The Kier molecular flexibility index (Phi) is 10.8. The highest BCUT2D eigenvalue weighted by molar-refractivity contribution is 6.60. The smallest absolute Gasteiger partial charge is 0.374 e. The van der Waals surface area contributed by atoms with Crippen LogP contribution in [0.5, 0.6) is 0 Å². The predicted molar refractivity (Wildman–Crippen MR) is 85.0 cm³/mol. The lowest BCUT2D eigenvalue weighted by Gasteiger charge is -2.28. The van der Waals surface area contributed by atoms with Crippen LogP contribution in [0, 0.1) is 0 Å². The third-order valence-electron chi connectivity index (χ3n) is 2.78. The number of nitrogens with zero attached hydrogens (tertiary/aromatic N) is 1. The number of hydrogen-bond acceptors (Lipinski definition) is 5. The first kappa shape index (κ1) is 20.8. The van der Waals surface area contributed by atoms with Gasteiger partial charge in [-0.2, -0.15) is 0 Å². The van der Waals surface area contributed by atoms with Gasteiger partial charge in [0.1, 0.15) is 0 Å². The summed E-state index contributed by atoms with van der Waals surface area (Å²) in [4.78, 5) is 22.6. The van der Waals surface area contributed by atoms with Crippen LogP contribution in [-0.4, -0.2) is 59.2 Å². The van der Waals surface area contributed by atoms with Crippen molar-refractivity contribution in [3.63, 3.8) is 0 Å². The van der Waals surface area contributed by atoms with E-state index >= 15 is 0 Å². The Morgan fingerprint density at radius 2 is 1.55 bits per heavy atom. The summed E-state index contributed by atoms with van der Waals surface area (Å²) in [5.41, 5.74) is 2.40. The van der Waals surface area contributed by atoms with Crippen molar-refractivity contribution in [1.82, 2.24) is 15.8 Å². The molecule has 0 aliphatic heterocycles. The van der Waals surface area contributed by atoms with Gasteiger partial charge in [0.25, 0.3) is 0 Å². The lowest BCUT2D eigenvalue weighted by Crippen LogP contribution is -2.48. The van der Waals surface area contributed by atoms with E-state index in [1.807, 2.05) is 20.8 Å². The standard InChI is InChI=1S/C13H29N3O5Si/c1-6-19-22(20-7-2,21-8-3)11-9-10-14-13(18)15-16(5)12(4)17/h6-11H2,1-5H3,(H2,14,15,18). The molecule has 0 rings (SSSR count). The van der Waals surface area contributed by atoms with E-state index in [9.17, 15) is 9.59 Å². The van der Waals surface area contributed by atoms with Gasteiger partial charge in [-0.1, -0.05) is 0 Å². The van der Waals surface area contributed by atoms with Gasteiger partial charge in [0.05, 0.1) is 0 Å². The minimum absolute atomic E-state index is 0.245. The maximum atomic E-state index is 11.6. The van der Waals surface area contributed by atoms with Gasteiger partial charge in [0.15, 0.2) is 0 Å². The average Bonchev–Trinajstić information content (AvgIpc) is 2.44. The summed E-state index contributed by atoms with van der Waals surface area (Å²) in [6, 6.07) is 0.208. The first-order valence-electron chi connectivity index (χ1n) is 7.61. The van der Waals surface area contributed by atoms with E-state index in [0.717, 1.165) is 5.01 Å². The van der Waals surface area contributed by atoms with Gasteiger partial charge in [0.2, 0.25) is 5.91 Å². The maximum absolute atomic E-state index is 11.6. The molecule has 0 aromatic carbocycles. The molecule has 0 heterocycles. The van der Waals surface area contributed by atoms with Gasteiger partial charge in [0, 0.05) is 46.4 Å². The quantitative estimate of drug-likeness (QED) is 0.355. The normalized spacial score (nSPS) is 11.1. The molecule has 0 saturated heterocycles. The lowest BCUT2D eigenvalue weighted by molar-refractivity contribution is -0.129.